The van der Waals surface area contributed by atoms with Crippen LogP contribution < -0.4 is 5.32 Å². The van der Waals surface area contributed by atoms with Crippen LogP contribution in [0.1, 0.15) is 31.0 Å². The monoisotopic (exact) mass is 327 g/mol. The summed E-state index contributed by atoms with van der Waals surface area (Å²) in [6.07, 6.45) is 0.463. The van der Waals surface area contributed by atoms with Crippen LogP contribution in [0.15, 0.2) is 5.38 Å². The highest BCUT2D eigenvalue weighted by atomic mass is 32.2. The number of carbonyl (C=O) groups excluding carboxylic acids is 2. The summed E-state index contributed by atoms with van der Waals surface area (Å²) in [6.45, 7) is 6.72. The molecule has 0 atom stereocenters. The predicted octanol–water partition coefficient (Wildman–Crippen LogP) is 1.81. The molecule has 0 aliphatic carbocycles. The van der Waals surface area contributed by atoms with E-state index in [1.54, 1.807) is 41.8 Å². The number of hydrogen-bond acceptors (Lipinski definition) is 5. The minimum Gasteiger partial charge on any atom is -0.352 e. The summed E-state index contributed by atoms with van der Waals surface area (Å²) in [5, 5.41) is 5.93. The lowest BCUT2D eigenvalue weighted by Gasteiger charge is -2.41. The maximum atomic E-state index is 12.3. The molecule has 21 heavy (non-hydrogen) atoms. The average Bonchev–Trinajstić information content (AvgIpc) is 2.83. The highest BCUT2D eigenvalue weighted by Gasteiger charge is 2.39. The summed E-state index contributed by atoms with van der Waals surface area (Å²) in [6, 6.07) is 0. The van der Waals surface area contributed by atoms with Crippen LogP contribution in [0.5, 0.6) is 0 Å². The number of thiazole rings is 1. The first-order valence-corrected chi connectivity index (χ1v) is 9.02. The molecular weight excluding hydrogens is 306 g/mol. The lowest BCUT2D eigenvalue weighted by Crippen LogP contribution is -2.63. The molecule has 1 N–H and O–H groups in total. The second-order valence-electron chi connectivity index (χ2n) is 5.52. The normalized spacial score (nSPS) is 17.7. The topological polar surface area (TPSA) is 62.3 Å². The Labute approximate surface area is 133 Å². The molecule has 1 aromatic heterocycles. The molecule has 0 aromatic carbocycles. The molecule has 1 saturated heterocycles. The molecule has 1 aliphatic heterocycles. The van der Waals surface area contributed by atoms with Gasteiger partial charge in [0.1, 0.15) is 5.54 Å². The van der Waals surface area contributed by atoms with Crippen molar-refractivity contribution in [2.75, 3.05) is 18.8 Å². The summed E-state index contributed by atoms with van der Waals surface area (Å²) in [5.74, 6) is 1.56. The van der Waals surface area contributed by atoms with Crippen molar-refractivity contribution >= 4 is 34.9 Å². The second-order valence-corrected chi connectivity index (χ2v) is 7.69. The number of carbonyl (C=O) groups is 2. The number of amides is 2. The van der Waals surface area contributed by atoms with Gasteiger partial charge >= 0.3 is 0 Å². The third-order valence-electron chi connectivity index (χ3n) is 3.53. The molecule has 0 saturated carbocycles. The lowest BCUT2D eigenvalue weighted by atomic mass is 9.98. The smallest absolute Gasteiger partial charge is 0.245 e. The van der Waals surface area contributed by atoms with E-state index >= 15 is 0 Å². The Morgan fingerprint density at radius 3 is 3.00 bits per heavy atom. The van der Waals surface area contributed by atoms with Crippen molar-refractivity contribution in [2.24, 2.45) is 0 Å². The van der Waals surface area contributed by atoms with Gasteiger partial charge in [0, 0.05) is 36.4 Å². The number of aromatic nitrogens is 1. The van der Waals surface area contributed by atoms with Gasteiger partial charge in [0.15, 0.2) is 0 Å². The van der Waals surface area contributed by atoms with Gasteiger partial charge in [-0.05, 0) is 20.8 Å². The number of thioether (sulfide) groups is 1. The number of aryl methyl sites for hydroxylation is 1. The first-order valence-electron chi connectivity index (χ1n) is 6.99. The summed E-state index contributed by atoms with van der Waals surface area (Å²) in [4.78, 5) is 30.2. The van der Waals surface area contributed by atoms with Crippen LogP contribution >= 0.6 is 23.1 Å². The van der Waals surface area contributed by atoms with Crippen molar-refractivity contribution in [3.8, 4) is 0 Å². The van der Waals surface area contributed by atoms with E-state index < -0.39 is 5.54 Å². The van der Waals surface area contributed by atoms with Gasteiger partial charge in [-0.3, -0.25) is 9.59 Å². The Hall–Kier alpha value is -1.08. The van der Waals surface area contributed by atoms with E-state index in [4.69, 9.17) is 0 Å². The zero-order valence-corrected chi connectivity index (χ0v) is 14.3. The molecule has 0 spiro atoms. The zero-order chi connectivity index (χ0) is 15.5. The molecule has 2 rings (SSSR count). The van der Waals surface area contributed by atoms with Gasteiger partial charge in [0.05, 0.1) is 10.7 Å². The summed E-state index contributed by atoms with van der Waals surface area (Å²) >= 11 is 3.36. The van der Waals surface area contributed by atoms with E-state index in [-0.39, 0.29) is 11.8 Å². The molecule has 116 valence electrons. The van der Waals surface area contributed by atoms with E-state index in [0.29, 0.717) is 19.5 Å². The van der Waals surface area contributed by atoms with Crippen LogP contribution in [0, 0.1) is 6.92 Å². The van der Waals surface area contributed by atoms with Gasteiger partial charge in [0.2, 0.25) is 11.8 Å². The molecule has 1 aliphatic rings. The molecule has 0 bridgehead atoms. The number of nitrogens with zero attached hydrogens (tertiary/aromatic N) is 2. The second kappa shape index (κ2) is 6.79. The minimum absolute atomic E-state index is 0.0526. The van der Waals surface area contributed by atoms with Gasteiger partial charge in [0.25, 0.3) is 0 Å². The third kappa shape index (κ3) is 3.97. The summed E-state index contributed by atoms with van der Waals surface area (Å²) < 4.78 is 0. The highest BCUT2D eigenvalue weighted by molar-refractivity contribution is 7.98. The molecule has 0 unspecified atom stereocenters. The van der Waals surface area contributed by atoms with Crippen molar-refractivity contribution in [1.29, 1.82) is 0 Å². The van der Waals surface area contributed by atoms with Crippen molar-refractivity contribution in [1.82, 2.24) is 15.2 Å². The Morgan fingerprint density at radius 2 is 2.33 bits per heavy atom. The van der Waals surface area contributed by atoms with E-state index in [1.807, 2.05) is 6.92 Å². The van der Waals surface area contributed by atoms with Crippen LogP contribution in [0.4, 0.5) is 0 Å². The van der Waals surface area contributed by atoms with Gasteiger partial charge in [-0.25, -0.2) is 4.98 Å². The van der Waals surface area contributed by atoms with Crippen molar-refractivity contribution in [3.05, 3.63) is 16.1 Å². The zero-order valence-electron chi connectivity index (χ0n) is 12.6. The number of hydrogen-bond donors (Lipinski definition) is 1. The fraction of sp³-hybridized carbons (Fsp3) is 0.643. The first-order chi connectivity index (χ1) is 9.91. The fourth-order valence-electron chi connectivity index (χ4n) is 2.28. The number of rotatable bonds is 5. The van der Waals surface area contributed by atoms with Gasteiger partial charge in [-0.2, -0.15) is 11.8 Å². The molecular formula is C14H21N3O2S2. The van der Waals surface area contributed by atoms with Gasteiger partial charge < -0.3 is 10.2 Å². The quantitative estimate of drug-likeness (QED) is 0.838. The van der Waals surface area contributed by atoms with Gasteiger partial charge in [-0.1, -0.05) is 0 Å². The third-order valence-corrected chi connectivity index (χ3v) is 5.34. The largest absolute Gasteiger partial charge is 0.352 e. The summed E-state index contributed by atoms with van der Waals surface area (Å²) in [7, 11) is 0. The molecule has 2 amide bonds. The Morgan fingerprint density at radius 1 is 1.57 bits per heavy atom. The van der Waals surface area contributed by atoms with E-state index in [9.17, 15) is 9.59 Å². The maximum Gasteiger partial charge on any atom is 0.245 e. The van der Waals surface area contributed by atoms with Crippen LogP contribution in [-0.4, -0.2) is 46.1 Å². The predicted molar refractivity (Wildman–Crippen MR) is 86.4 cm³/mol. The van der Waals surface area contributed by atoms with Gasteiger partial charge in [-0.15, -0.1) is 11.3 Å². The van der Waals surface area contributed by atoms with Crippen molar-refractivity contribution in [3.63, 3.8) is 0 Å². The molecule has 7 heteroatoms. The van der Waals surface area contributed by atoms with E-state index in [2.05, 4.69) is 15.7 Å². The van der Waals surface area contributed by atoms with Crippen molar-refractivity contribution < 1.29 is 9.59 Å². The van der Waals surface area contributed by atoms with Crippen LogP contribution in [-0.2, 0) is 15.3 Å². The number of nitrogens with one attached hydrogen (secondary N) is 1. The minimum atomic E-state index is -0.744. The Balaban J connectivity index is 1.77. The molecule has 2 heterocycles. The summed E-state index contributed by atoms with van der Waals surface area (Å²) in [5.41, 5.74) is 0.332. The molecule has 1 aromatic rings. The van der Waals surface area contributed by atoms with Crippen LogP contribution in [0.3, 0.4) is 0 Å². The van der Waals surface area contributed by atoms with Crippen LogP contribution in [0.25, 0.3) is 0 Å². The molecule has 1 fully saturated rings. The average molecular weight is 327 g/mol. The standard InChI is InChI=1S/C14H21N3O2S2/c1-10-16-11(9-21-10)8-20-7-4-12(18)17-6-5-15-13(19)14(17,2)3/h9H,4-8H2,1-3H3,(H,15,19). The van der Waals surface area contributed by atoms with E-state index in [1.165, 1.54) is 0 Å². The lowest BCUT2D eigenvalue weighted by molar-refractivity contribution is -0.148. The van der Waals surface area contributed by atoms with Crippen LogP contribution in [0.2, 0.25) is 0 Å². The maximum absolute atomic E-state index is 12.3. The van der Waals surface area contributed by atoms with Crippen molar-refractivity contribution in [2.45, 2.75) is 38.5 Å². The molecule has 0 radical (unpaired) electrons. The Bertz CT molecular complexity index is 528. The highest BCUT2D eigenvalue weighted by Crippen LogP contribution is 2.20. The number of piperazine rings is 1. The fourth-order valence-corrected chi connectivity index (χ4v) is 3.82. The molecule has 5 nitrogen and oxygen atoms in total. The first kappa shape index (κ1) is 16.3. The Kier molecular flexibility index (Phi) is 5.27. The van der Waals surface area contributed by atoms with E-state index in [0.717, 1.165) is 22.2 Å². The SMILES string of the molecule is Cc1nc(CSCCC(=O)N2CCNC(=O)C2(C)C)cs1.